The first-order valence-electron chi connectivity index (χ1n) is 12.9. The van der Waals surface area contributed by atoms with E-state index in [1.807, 2.05) is 72.8 Å². The molecule has 0 unspecified atom stereocenters. The van der Waals surface area contributed by atoms with E-state index < -0.39 is 6.85 Å². The second-order valence-corrected chi connectivity index (χ2v) is 8.16. The molecule has 1 radical (unpaired) electrons. The summed E-state index contributed by atoms with van der Waals surface area (Å²) in [6, 6.07) is 33.1. The summed E-state index contributed by atoms with van der Waals surface area (Å²) in [4.78, 5) is 12.8. The van der Waals surface area contributed by atoms with Crippen LogP contribution >= 0.6 is 0 Å². The molecule has 7 aromatic rings. The first kappa shape index (κ1) is 21.0. The minimum absolute atomic E-state index is 0. The number of hydrogen-bond donors (Lipinski definition) is 0. The van der Waals surface area contributed by atoms with Crippen LogP contribution in [0.15, 0.2) is 114 Å². The summed E-state index contributed by atoms with van der Waals surface area (Å²) >= 11 is 0. The zero-order chi connectivity index (χ0) is 26.8. The Morgan fingerprint density at radius 1 is 0.703 bits per heavy atom. The third kappa shape index (κ3) is 4.92. The van der Waals surface area contributed by atoms with Gasteiger partial charge in [-0.2, -0.15) is 0 Å². The molecular formula is C32H21IrN3O-2. The normalized spacial score (nSPS) is 12.2. The average Bonchev–Trinajstić information content (AvgIpc) is 3.38. The molecule has 3 aromatic carbocycles. The fraction of sp³-hybridized carbons (Fsp3) is 0.0312. The van der Waals surface area contributed by atoms with Crippen LogP contribution in [0.1, 0.15) is 9.68 Å². The second kappa shape index (κ2) is 10.8. The number of aromatic nitrogens is 3. The van der Waals surface area contributed by atoms with Gasteiger partial charge in [0, 0.05) is 59.8 Å². The zero-order valence-corrected chi connectivity index (χ0v) is 21.9. The van der Waals surface area contributed by atoms with Crippen LogP contribution < -0.4 is 0 Å². The van der Waals surface area contributed by atoms with Crippen LogP contribution in [0.3, 0.4) is 0 Å². The van der Waals surface area contributed by atoms with E-state index in [2.05, 4.69) is 27.1 Å². The van der Waals surface area contributed by atoms with E-state index in [9.17, 15) is 0 Å². The van der Waals surface area contributed by atoms with Gasteiger partial charge in [-0.3, -0.25) is 4.98 Å². The largest absolute Gasteiger partial charge is 0.500 e. The molecule has 0 saturated carbocycles. The van der Waals surface area contributed by atoms with Crippen LogP contribution in [0.4, 0.5) is 0 Å². The number of fused-ring (bicyclic) bond motifs is 5. The fourth-order valence-corrected chi connectivity index (χ4v) is 4.17. The molecule has 181 valence electrons. The summed E-state index contributed by atoms with van der Waals surface area (Å²) in [5, 5.41) is 3.97. The predicted octanol–water partition coefficient (Wildman–Crippen LogP) is 7.85. The molecule has 37 heavy (non-hydrogen) atoms. The van der Waals surface area contributed by atoms with Gasteiger partial charge < -0.3 is 14.4 Å². The van der Waals surface area contributed by atoms with Gasteiger partial charge in [0.15, 0.2) is 0 Å². The molecule has 0 aliphatic heterocycles. The van der Waals surface area contributed by atoms with Crippen LogP contribution in [-0.2, 0) is 20.1 Å². The third-order valence-corrected chi connectivity index (χ3v) is 5.89. The van der Waals surface area contributed by atoms with E-state index in [-0.39, 0.29) is 25.7 Å². The van der Waals surface area contributed by atoms with Crippen molar-refractivity contribution < 1.29 is 28.6 Å². The molecule has 0 saturated heterocycles. The van der Waals surface area contributed by atoms with Crippen molar-refractivity contribution in [3.8, 4) is 22.5 Å². The molecule has 0 spiro atoms. The molecule has 0 aliphatic carbocycles. The molecule has 0 bridgehead atoms. The molecule has 7 rings (SSSR count). The summed E-state index contributed by atoms with van der Waals surface area (Å²) in [6.45, 7) is -2.17. The van der Waals surface area contributed by atoms with Crippen molar-refractivity contribution in [3.63, 3.8) is 0 Å². The number of aryl methyl sites for hydroxylation is 1. The van der Waals surface area contributed by atoms with Gasteiger partial charge in [0.25, 0.3) is 0 Å². The van der Waals surface area contributed by atoms with Crippen LogP contribution in [0.2, 0.25) is 0 Å². The van der Waals surface area contributed by atoms with Gasteiger partial charge in [0.05, 0.1) is 5.58 Å². The van der Waals surface area contributed by atoms with E-state index in [1.54, 1.807) is 30.7 Å². The van der Waals surface area contributed by atoms with Crippen molar-refractivity contribution in [1.29, 1.82) is 0 Å². The Kier molecular flexibility index (Phi) is 6.14. The Morgan fingerprint density at radius 2 is 1.62 bits per heavy atom. The molecule has 4 aromatic heterocycles. The monoisotopic (exact) mass is 659 g/mol. The maximum absolute atomic E-state index is 7.49. The van der Waals surface area contributed by atoms with Gasteiger partial charge in [-0.05, 0) is 41.3 Å². The maximum Gasteiger partial charge on any atom is 0.130 e. The van der Waals surface area contributed by atoms with E-state index >= 15 is 0 Å². The van der Waals surface area contributed by atoms with Crippen LogP contribution in [0, 0.1) is 19.0 Å². The SMILES string of the molecule is [2H]C([2H])([2H])c1ccc(-c2[c-]ccc3c2oc2c4cnccc4ccc32)nc1.[Ir].[c-]1ccccc1-c1ccccn1. The first-order chi connectivity index (χ1) is 19.0. The zero-order valence-electron chi connectivity index (χ0n) is 22.5. The summed E-state index contributed by atoms with van der Waals surface area (Å²) in [7, 11) is 0. The topological polar surface area (TPSA) is 51.8 Å². The van der Waals surface area contributed by atoms with E-state index in [1.165, 1.54) is 6.20 Å². The summed E-state index contributed by atoms with van der Waals surface area (Å²) in [5.41, 5.74) is 5.00. The first-order valence-corrected chi connectivity index (χ1v) is 11.4. The molecule has 0 aliphatic rings. The van der Waals surface area contributed by atoms with Gasteiger partial charge in [-0.1, -0.05) is 47.3 Å². The van der Waals surface area contributed by atoms with Gasteiger partial charge >= 0.3 is 0 Å². The van der Waals surface area contributed by atoms with Crippen molar-refractivity contribution >= 4 is 32.7 Å². The molecule has 0 atom stereocenters. The maximum atomic E-state index is 7.49. The van der Waals surface area contributed by atoms with Crippen LogP contribution in [0.25, 0.3) is 55.2 Å². The van der Waals surface area contributed by atoms with E-state index in [4.69, 9.17) is 8.53 Å². The molecule has 0 fully saturated rings. The Bertz CT molecular complexity index is 1850. The van der Waals surface area contributed by atoms with Crippen molar-refractivity contribution in [2.75, 3.05) is 0 Å². The molecular weight excluding hydrogens is 635 g/mol. The molecule has 0 N–H and O–H groups in total. The quantitative estimate of drug-likeness (QED) is 0.178. The second-order valence-electron chi connectivity index (χ2n) is 8.16. The minimum atomic E-state index is -2.17. The van der Waals surface area contributed by atoms with Crippen LogP contribution in [-0.4, -0.2) is 15.0 Å². The van der Waals surface area contributed by atoms with E-state index in [0.29, 0.717) is 16.8 Å². The van der Waals surface area contributed by atoms with Gasteiger partial charge in [0.2, 0.25) is 0 Å². The fourth-order valence-electron chi connectivity index (χ4n) is 4.17. The Hall–Kier alpha value is -4.18. The summed E-state index contributed by atoms with van der Waals surface area (Å²) in [5.74, 6) is 0. The summed E-state index contributed by atoms with van der Waals surface area (Å²) in [6.07, 6.45) is 6.73. The standard InChI is InChI=1S/C21H13N2O.C11H8N.Ir/c1-13-5-8-19(23-11-13)17-4-2-3-15-16-7-6-14-9-10-22-12-18(14)21(16)24-20(15)17;1-2-6-10(7-3-1)11-8-4-5-9-12-11;/h2-3,5-12H,1H3;1-6,8-9H;/q2*-1;/i1D3;;. The average molecular weight is 659 g/mol. The number of nitrogens with zero attached hydrogens (tertiary/aromatic N) is 3. The number of pyridine rings is 3. The Labute approximate surface area is 232 Å². The number of furan rings is 1. The van der Waals surface area contributed by atoms with Crippen molar-refractivity contribution in [2.24, 2.45) is 0 Å². The van der Waals surface area contributed by atoms with Gasteiger partial charge in [-0.15, -0.1) is 54.1 Å². The van der Waals surface area contributed by atoms with Crippen molar-refractivity contribution in [1.82, 2.24) is 15.0 Å². The number of benzene rings is 3. The van der Waals surface area contributed by atoms with Gasteiger partial charge in [-0.25, -0.2) is 0 Å². The van der Waals surface area contributed by atoms with Crippen LogP contribution in [0.5, 0.6) is 0 Å². The molecule has 4 nitrogen and oxygen atoms in total. The third-order valence-electron chi connectivity index (χ3n) is 5.89. The van der Waals surface area contributed by atoms with Crippen molar-refractivity contribution in [2.45, 2.75) is 6.85 Å². The Balaban J connectivity index is 0.000000209. The summed E-state index contributed by atoms with van der Waals surface area (Å²) < 4.78 is 28.7. The Morgan fingerprint density at radius 3 is 2.41 bits per heavy atom. The molecule has 4 heterocycles. The van der Waals surface area contributed by atoms with Gasteiger partial charge in [0.1, 0.15) is 5.58 Å². The number of rotatable bonds is 2. The molecule has 0 amide bonds. The molecule has 5 heteroatoms. The minimum Gasteiger partial charge on any atom is -0.500 e. The predicted molar refractivity (Wildman–Crippen MR) is 144 cm³/mol. The van der Waals surface area contributed by atoms with E-state index in [0.717, 1.165) is 38.4 Å². The number of hydrogen-bond acceptors (Lipinski definition) is 4. The van der Waals surface area contributed by atoms with Crippen molar-refractivity contribution in [3.05, 3.63) is 127 Å². The smallest absolute Gasteiger partial charge is 0.130 e.